The zero-order chi connectivity index (χ0) is 21.8. The van der Waals surface area contributed by atoms with Gasteiger partial charge in [0.2, 0.25) is 5.91 Å². The molecule has 4 aromatic rings. The van der Waals surface area contributed by atoms with Gasteiger partial charge >= 0.3 is 0 Å². The van der Waals surface area contributed by atoms with E-state index in [4.69, 9.17) is 4.42 Å². The summed E-state index contributed by atoms with van der Waals surface area (Å²) in [6, 6.07) is 16.1. The molecule has 158 valence electrons. The van der Waals surface area contributed by atoms with E-state index in [2.05, 4.69) is 23.3 Å². The van der Waals surface area contributed by atoms with Crippen molar-refractivity contribution in [1.29, 1.82) is 0 Å². The number of aromatic amines is 1. The number of hydrogen-bond donors (Lipinski definition) is 2. The van der Waals surface area contributed by atoms with Gasteiger partial charge in [-0.1, -0.05) is 37.3 Å². The van der Waals surface area contributed by atoms with Gasteiger partial charge in [0.15, 0.2) is 0 Å². The Hall–Kier alpha value is -3.87. The molecule has 4 rings (SSSR count). The molecule has 2 N–H and O–H groups in total. The molecule has 1 amide bonds. The predicted octanol–water partition coefficient (Wildman–Crippen LogP) is 5.07. The summed E-state index contributed by atoms with van der Waals surface area (Å²) in [6.45, 7) is 2.41. The molecule has 1 atom stereocenters. The van der Waals surface area contributed by atoms with E-state index in [-0.39, 0.29) is 23.9 Å². The third-order valence-electron chi connectivity index (χ3n) is 5.53. The van der Waals surface area contributed by atoms with Gasteiger partial charge in [-0.15, -0.1) is 0 Å². The number of benzene rings is 2. The molecule has 7 heteroatoms. The molecule has 0 aliphatic heterocycles. The number of amides is 1. The quantitative estimate of drug-likeness (QED) is 0.309. The summed E-state index contributed by atoms with van der Waals surface area (Å²) in [6.07, 6.45) is 4.61. The number of furan rings is 1. The van der Waals surface area contributed by atoms with Gasteiger partial charge in [-0.05, 0) is 35.2 Å². The number of nitrogens with one attached hydrogen (secondary N) is 2. The van der Waals surface area contributed by atoms with Gasteiger partial charge in [0.25, 0.3) is 5.69 Å². The Morgan fingerprint density at radius 1 is 1.16 bits per heavy atom. The Bertz CT molecular complexity index is 1190. The smallest absolute Gasteiger partial charge is 0.269 e. The molecule has 0 unspecified atom stereocenters. The van der Waals surface area contributed by atoms with Crippen LogP contribution < -0.4 is 5.32 Å². The van der Waals surface area contributed by atoms with Gasteiger partial charge in [-0.2, -0.15) is 0 Å². The van der Waals surface area contributed by atoms with E-state index in [1.807, 2.05) is 18.3 Å². The van der Waals surface area contributed by atoms with Crippen molar-refractivity contribution in [3.8, 4) is 0 Å². The standard InChI is InChI=1S/C24H23N3O4/c1-2-16-5-3-7-20-22(15-26-24(16)20)21(17-8-10-18(11-9-17)27(29)30)13-23(28)25-14-19-6-4-12-31-19/h3-12,15,21,26H,2,13-14H2,1H3,(H,25,28)/t21-/m0/s1. The molecule has 2 aromatic carbocycles. The second-order valence-corrected chi connectivity index (χ2v) is 7.40. The molecule has 0 spiro atoms. The van der Waals surface area contributed by atoms with Crippen LogP contribution in [0.2, 0.25) is 0 Å². The molecule has 7 nitrogen and oxygen atoms in total. The van der Waals surface area contributed by atoms with Crippen LogP contribution in [0.25, 0.3) is 10.9 Å². The monoisotopic (exact) mass is 417 g/mol. The van der Waals surface area contributed by atoms with Crippen molar-refractivity contribution in [3.63, 3.8) is 0 Å². The maximum Gasteiger partial charge on any atom is 0.269 e. The van der Waals surface area contributed by atoms with Crippen molar-refractivity contribution in [2.24, 2.45) is 0 Å². The van der Waals surface area contributed by atoms with Crippen LogP contribution in [0.15, 0.2) is 71.5 Å². The zero-order valence-electron chi connectivity index (χ0n) is 17.1. The van der Waals surface area contributed by atoms with Gasteiger partial charge in [0, 0.05) is 41.6 Å². The van der Waals surface area contributed by atoms with Crippen LogP contribution in [-0.4, -0.2) is 15.8 Å². The van der Waals surface area contributed by atoms with Crippen LogP contribution in [0.3, 0.4) is 0 Å². The van der Waals surface area contributed by atoms with Gasteiger partial charge in [-0.25, -0.2) is 0 Å². The Morgan fingerprint density at radius 3 is 2.65 bits per heavy atom. The number of aromatic nitrogens is 1. The van der Waals surface area contributed by atoms with E-state index < -0.39 is 4.92 Å². The number of rotatable bonds is 8. The largest absolute Gasteiger partial charge is 0.467 e. The van der Waals surface area contributed by atoms with Crippen molar-refractivity contribution >= 4 is 22.5 Å². The number of aryl methyl sites for hydroxylation is 1. The number of fused-ring (bicyclic) bond motifs is 1. The summed E-state index contributed by atoms with van der Waals surface area (Å²) in [5.41, 5.74) is 4.13. The maximum absolute atomic E-state index is 12.8. The minimum Gasteiger partial charge on any atom is -0.467 e. The Morgan fingerprint density at radius 2 is 1.97 bits per heavy atom. The van der Waals surface area contributed by atoms with E-state index in [9.17, 15) is 14.9 Å². The molecule has 0 fully saturated rings. The first-order valence-electron chi connectivity index (χ1n) is 10.2. The summed E-state index contributed by atoms with van der Waals surface area (Å²) in [5, 5.41) is 15.0. The molecule has 0 aliphatic rings. The fourth-order valence-electron chi connectivity index (χ4n) is 3.91. The molecular weight excluding hydrogens is 394 g/mol. The maximum atomic E-state index is 12.8. The first-order valence-corrected chi connectivity index (χ1v) is 10.2. The van der Waals surface area contributed by atoms with Crippen LogP contribution in [-0.2, 0) is 17.8 Å². The second-order valence-electron chi connectivity index (χ2n) is 7.40. The molecule has 2 heterocycles. The molecule has 0 bridgehead atoms. The number of para-hydroxylation sites is 1. The minimum atomic E-state index is -0.423. The summed E-state index contributed by atoms with van der Waals surface area (Å²) in [7, 11) is 0. The highest BCUT2D eigenvalue weighted by molar-refractivity contribution is 5.88. The number of non-ortho nitro benzene ring substituents is 1. The number of carbonyl (C=O) groups excluding carboxylic acids is 1. The van der Waals surface area contributed by atoms with Gasteiger partial charge in [0.05, 0.1) is 17.7 Å². The first kappa shape index (κ1) is 20.4. The average molecular weight is 417 g/mol. The first-order chi connectivity index (χ1) is 15.1. The fourth-order valence-corrected chi connectivity index (χ4v) is 3.91. The highest BCUT2D eigenvalue weighted by atomic mass is 16.6. The van der Waals surface area contributed by atoms with Gasteiger partial charge in [0.1, 0.15) is 5.76 Å². The number of nitro groups is 1. The van der Waals surface area contributed by atoms with E-state index in [1.165, 1.54) is 17.7 Å². The molecule has 31 heavy (non-hydrogen) atoms. The van der Waals surface area contributed by atoms with E-state index in [0.29, 0.717) is 12.3 Å². The van der Waals surface area contributed by atoms with Crippen LogP contribution >= 0.6 is 0 Å². The number of H-pyrrole nitrogens is 1. The lowest BCUT2D eigenvalue weighted by atomic mass is 9.87. The van der Waals surface area contributed by atoms with Crippen LogP contribution in [0.5, 0.6) is 0 Å². The molecule has 0 radical (unpaired) electrons. The van der Waals surface area contributed by atoms with Crippen molar-refractivity contribution in [2.75, 3.05) is 0 Å². The number of carbonyl (C=O) groups is 1. The molecule has 0 saturated heterocycles. The highest BCUT2D eigenvalue weighted by Crippen LogP contribution is 2.35. The highest BCUT2D eigenvalue weighted by Gasteiger charge is 2.23. The van der Waals surface area contributed by atoms with Crippen molar-refractivity contribution < 1.29 is 14.1 Å². The molecule has 2 aromatic heterocycles. The van der Waals surface area contributed by atoms with Gasteiger partial charge < -0.3 is 14.7 Å². The number of nitrogens with zero attached hydrogens (tertiary/aromatic N) is 1. The zero-order valence-corrected chi connectivity index (χ0v) is 17.1. The topological polar surface area (TPSA) is 101 Å². The third kappa shape index (κ3) is 4.35. The van der Waals surface area contributed by atoms with Gasteiger partial charge in [-0.3, -0.25) is 14.9 Å². The van der Waals surface area contributed by atoms with Crippen molar-refractivity contribution in [3.05, 3.63) is 99.6 Å². The lowest BCUT2D eigenvalue weighted by molar-refractivity contribution is -0.384. The fraction of sp³-hybridized carbons (Fsp3) is 0.208. The normalized spacial score (nSPS) is 12.0. The van der Waals surface area contributed by atoms with Crippen LogP contribution in [0, 0.1) is 10.1 Å². The van der Waals surface area contributed by atoms with Crippen molar-refractivity contribution in [2.45, 2.75) is 32.2 Å². The summed E-state index contributed by atoms with van der Waals surface area (Å²) < 4.78 is 5.28. The van der Waals surface area contributed by atoms with E-state index >= 15 is 0 Å². The van der Waals surface area contributed by atoms with Crippen LogP contribution in [0.1, 0.15) is 41.7 Å². The summed E-state index contributed by atoms with van der Waals surface area (Å²) in [5.74, 6) is 0.305. The Balaban J connectivity index is 1.67. The number of nitro benzene ring substituents is 1. The van der Waals surface area contributed by atoms with Crippen molar-refractivity contribution in [1.82, 2.24) is 10.3 Å². The lowest BCUT2D eigenvalue weighted by Gasteiger charge is -2.17. The lowest BCUT2D eigenvalue weighted by Crippen LogP contribution is -2.24. The minimum absolute atomic E-state index is 0.0250. The van der Waals surface area contributed by atoms with Crippen LogP contribution in [0.4, 0.5) is 5.69 Å². The molecular formula is C24H23N3O4. The molecule has 0 aliphatic carbocycles. The second kappa shape index (κ2) is 8.87. The summed E-state index contributed by atoms with van der Waals surface area (Å²) in [4.78, 5) is 26.8. The predicted molar refractivity (Wildman–Crippen MR) is 118 cm³/mol. The summed E-state index contributed by atoms with van der Waals surface area (Å²) >= 11 is 0. The van der Waals surface area contributed by atoms with E-state index in [1.54, 1.807) is 30.5 Å². The third-order valence-corrected chi connectivity index (χ3v) is 5.53. The Labute approximate surface area is 179 Å². The Kier molecular flexibility index (Phi) is 5.84. The SMILES string of the molecule is CCc1cccc2c([C@@H](CC(=O)NCc3ccco3)c3ccc([N+](=O)[O-])cc3)c[nH]c12. The van der Waals surface area contributed by atoms with E-state index in [0.717, 1.165) is 28.5 Å². The number of hydrogen-bond acceptors (Lipinski definition) is 4. The molecule has 0 saturated carbocycles. The average Bonchev–Trinajstić information content (AvgIpc) is 3.46.